The van der Waals surface area contributed by atoms with Gasteiger partial charge in [-0.2, -0.15) is 0 Å². The van der Waals surface area contributed by atoms with E-state index < -0.39 is 17.9 Å². The molecule has 2 aliphatic heterocycles. The number of anilines is 1. The van der Waals surface area contributed by atoms with E-state index in [9.17, 15) is 19.5 Å². The summed E-state index contributed by atoms with van der Waals surface area (Å²) in [4.78, 5) is 40.9. The first kappa shape index (κ1) is 17.1. The topological polar surface area (TPSA) is 77.9 Å². The molecule has 26 heavy (non-hydrogen) atoms. The second kappa shape index (κ2) is 6.41. The molecular formula is C20H24N2O4. The largest absolute Gasteiger partial charge is 0.480 e. The van der Waals surface area contributed by atoms with Gasteiger partial charge in [0.05, 0.1) is 5.92 Å². The van der Waals surface area contributed by atoms with Crippen LogP contribution in [0.1, 0.15) is 50.0 Å². The standard InChI is InChI=1S/C20H24N2O4/c1-21-16-9-5-3-7-13(16)14(11-18(21)23)19(24)22-15-8-4-2-6-12(15)10-17(22)20(25)26/h3,5,7,9,12,14-15,17H,2,4,6,8,10-11H2,1H3,(H,25,26)/t12-,14-,15-,17-/m0/s1. The van der Waals surface area contributed by atoms with E-state index in [1.165, 1.54) is 0 Å². The molecule has 4 rings (SSSR count). The molecule has 3 aliphatic rings. The Morgan fingerprint density at radius 3 is 2.65 bits per heavy atom. The van der Waals surface area contributed by atoms with Crippen molar-refractivity contribution in [2.24, 2.45) is 5.92 Å². The molecule has 1 N–H and O–H groups in total. The molecule has 2 amide bonds. The number of carboxylic acids is 1. The lowest BCUT2D eigenvalue weighted by molar-refractivity contribution is -0.151. The summed E-state index contributed by atoms with van der Waals surface area (Å²) in [5, 5.41) is 9.70. The maximum atomic E-state index is 13.5. The molecule has 1 saturated heterocycles. The van der Waals surface area contributed by atoms with Gasteiger partial charge in [-0.25, -0.2) is 4.79 Å². The lowest BCUT2D eigenvalue weighted by Crippen LogP contribution is -2.49. The number of amides is 2. The van der Waals surface area contributed by atoms with Gasteiger partial charge in [-0.3, -0.25) is 9.59 Å². The Hall–Kier alpha value is -2.37. The summed E-state index contributed by atoms with van der Waals surface area (Å²) in [5.41, 5.74) is 1.57. The summed E-state index contributed by atoms with van der Waals surface area (Å²) in [6, 6.07) is 6.67. The van der Waals surface area contributed by atoms with E-state index in [4.69, 9.17) is 0 Å². The zero-order valence-electron chi connectivity index (χ0n) is 14.9. The highest BCUT2D eigenvalue weighted by Crippen LogP contribution is 2.43. The molecule has 0 unspecified atom stereocenters. The fraction of sp³-hybridized carbons (Fsp3) is 0.550. The van der Waals surface area contributed by atoms with Gasteiger partial charge in [-0.05, 0) is 36.8 Å². The van der Waals surface area contributed by atoms with Crippen LogP contribution in [0.5, 0.6) is 0 Å². The van der Waals surface area contributed by atoms with E-state index in [2.05, 4.69) is 0 Å². The van der Waals surface area contributed by atoms with Crippen molar-refractivity contribution in [2.75, 3.05) is 11.9 Å². The third kappa shape index (κ3) is 2.59. The first-order chi connectivity index (χ1) is 12.5. The van der Waals surface area contributed by atoms with Crippen molar-refractivity contribution in [1.82, 2.24) is 4.90 Å². The summed E-state index contributed by atoms with van der Waals surface area (Å²) in [6.45, 7) is 0. The fourth-order valence-electron chi connectivity index (χ4n) is 5.04. The molecule has 1 aromatic carbocycles. The van der Waals surface area contributed by atoms with Crippen LogP contribution in [0, 0.1) is 5.92 Å². The number of nitrogens with zero attached hydrogens (tertiary/aromatic N) is 2. The highest BCUT2D eigenvalue weighted by atomic mass is 16.4. The molecule has 2 fully saturated rings. The van der Waals surface area contributed by atoms with E-state index in [0.717, 1.165) is 36.9 Å². The number of benzene rings is 1. The molecular weight excluding hydrogens is 332 g/mol. The minimum atomic E-state index is -0.930. The highest BCUT2D eigenvalue weighted by Gasteiger charge is 2.50. The first-order valence-electron chi connectivity index (χ1n) is 9.39. The van der Waals surface area contributed by atoms with Gasteiger partial charge in [0.1, 0.15) is 6.04 Å². The quantitative estimate of drug-likeness (QED) is 0.882. The summed E-state index contributed by atoms with van der Waals surface area (Å²) < 4.78 is 0. The number of hydrogen-bond donors (Lipinski definition) is 1. The number of carbonyl (C=O) groups is 3. The van der Waals surface area contributed by atoms with Crippen LogP contribution < -0.4 is 4.90 Å². The molecule has 0 aromatic heterocycles. The Bertz CT molecular complexity index is 762. The zero-order chi connectivity index (χ0) is 18.4. The number of rotatable bonds is 2. The van der Waals surface area contributed by atoms with Gasteiger partial charge in [0.15, 0.2) is 0 Å². The van der Waals surface area contributed by atoms with Gasteiger partial charge in [0, 0.05) is 25.2 Å². The van der Waals surface area contributed by atoms with E-state index in [1.807, 2.05) is 24.3 Å². The smallest absolute Gasteiger partial charge is 0.326 e. The molecule has 1 aliphatic carbocycles. The average molecular weight is 356 g/mol. The van der Waals surface area contributed by atoms with Crippen molar-refractivity contribution in [3.63, 3.8) is 0 Å². The van der Waals surface area contributed by atoms with Crippen LogP contribution in [-0.2, 0) is 14.4 Å². The van der Waals surface area contributed by atoms with E-state index in [-0.39, 0.29) is 30.2 Å². The molecule has 0 bridgehead atoms. The maximum absolute atomic E-state index is 13.5. The Kier molecular flexibility index (Phi) is 4.21. The zero-order valence-corrected chi connectivity index (χ0v) is 14.9. The van der Waals surface area contributed by atoms with Gasteiger partial charge < -0.3 is 14.9 Å². The minimum Gasteiger partial charge on any atom is -0.480 e. The van der Waals surface area contributed by atoms with Crippen molar-refractivity contribution in [2.45, 2.75) is 56.5 Å². The second-order valence-corrected chi connectivity index (χ2v) is 7.72. The Morgan fingerprint density at radius 2 is 1.88 bits per heavy atom. The predicted molar refractivity (Wildman–Crippen MR) is 95.8 cm³/mol. The van der Waals surface area contributed by atoms with Crippen molar-refractivity contribution >= 4 is 23.5 Å². The van der Waals surface area contributed by atoms with Gasteiger partial charge >= 0.3 is 5.97 Å². The van der Waals surface area contributed by atoms with Crippen LogP contribution >= 0.6 is 0 Å². The number of fused-ring (bicyclic) bond motifs is 2. The number of hydrogen-bond acceptors (Lipinski definition) is 3. The average Bonchev–Trinajstić information content (AvgIpc) is 3.04. The molecule has 2 heterocycles. The maximum Gasteiger partial charge on any atom is 0.326 e. The molecule has 6 nitrogen and oxygen atoms in total. The first-order valence-corrected chi connectivity index (χ1v) is 9.39. The summed E-state index contributed by atoms with van der Waals surface area (Å²) in [6.07, 6.45) is 4.62. The van der Waals surface area contributed by atoms with Gasteiger partial charge in [0.2, 0.25) is 11.8 Å². The van der Waals surface area contributed by atoms with Crippen LogP contribution in [0.15, 0.2) is 24.3 Å². The van der Waals surface area contributed by atoms with Crippen molar-refractivity contribution in [1.29, 1.82) is 0 Å². The predicted octanol–water partition coefficient (Wildman–Crippen LogP) is 2.38. The van der Waals surface area contributed by atoms with Crippen molar-refractivity contribution in [3.8, 4) is 0 Å². The molecule has 138 valence electrons. The lowest BCUT2D eigenvalue weighted by Gasteiger charge is -2.38. The normalized spacial score (nSPS) is 30.7. The van der Waals surface area contributed by atoms with Crippen LogP contribution in [0.4, 0.5) is 5.69 Å². The highest BCUT2D eigenvalue weighted by molar-refractivity contribution is 6.03. The molecule has 6 heteroatoms. The lowest BCUT2D eigenvalue weighted by atomic mass is 9.84. The van der Waals surface area contributed by atoms with Crippen molar-refractivity contribution < 1.29 is 19.5 Å². The summed E-state index contributed by atoms with van der Waals surface area (Å²) in [7, 11) is 1.72. The van der Waals surface area contributed by atoms with Crippen molar-refractivity contribution in [3.05, 3.63) is 29.8 Å². The third-order valence-corrected chi connectivity index (χ3v) is 6.35. The molecule has 1 saturated carbocycles. The number of para-hydroxylation sites is 1. The number of aliphatic carboxylic acids is 1. The van der Waals surface area contributed by atoms with Crippen LogP contribution in [0.2, 0.25) is 0 Å². The molecule has 1 aromatic rings. The summed E-state index contributed by atoms with van der Waals surface area (Å²) in [5.74, 6) is -1.54. The second-order valence-electron chi connectivity index (χ2n) is 7.72. The van der Waals surface area contributed by atoms with E-state index >= 15 is 0 Å². The van der Waals surface area contributed by atoms with Crippen LogP contribution in [0.3, 0.4) is 0 Å². The number of carbonyl (C=O) groups excluding carboxylic acids is 2. The van der Waals surface area contributed by atoms with Crippen LogP contribution in [0.25, 0.3) is 0 Å². The molecule has 4 atom stereocenters. The monoisotopic (exact) mass is 356 g/mol. The van der Waals surface area contributed by atoms with Gasteiger partial charge in [-0.1, -0.05) is 31.0 Å². The fourth-order valence-corrected chi connectivity index (χ4v) is 5.04. The van der Waals surface area contributed by atoms with Gasteiger partial charge in [-0.15, -0.1) is 0 Å². The third-order valence-electron chi connectivity index (χ3n) is 6.35. The molecule has 0 spiro atoms. The van der Waals surface area contributed by atoms with Crippen LogP contribution in [-0.4, -0.2) is 46.9 Å². The number of carboxylic acid groups (broad SMARTS) is 1. The minimum absolute atomic E-state index is 0.000676. The van der Waals surface area contributed by atoms with Gasteiger partial charge in [0.25, 0.3) is 0 Å². The Balaban J connectivity index is 1.71. The molecule has 0 radical (unpaired) electrons. The summed E-state index contributed by atoms with van der Waals surface area (Å²) >= 11 is 0. The Labute approximate surface area is 152 Å². The SMILES string of the molecule is CN1C(=O)C[C@H](C(=O)N2[C@H](C(=O)O)C[C@@H]3CCCC[C@@H]32)c2ccccc21. The van der Waals surface area contributed by atoms with E-state index in [0.29, 0.717) is 6.42 Å². The number of likely N-dealkylation sites (tertiary alicyclic amines) is 1. The Morgan fingerprint density at radius 1 is 1.15 bits per heavy atom. The van der Waals surface area contributed by atoms with E-state index in [1.54, 1.807) is 16.8 Å².